The first-order valence-corrected chi connectivity index (χ1v) is 8.67. The van der Waals surface area contributed by atoms with E-state index in [-0.39, 0.29) is 24.3 Å². The van der Waals surface area contributed by atoms with Crippen LogP contribution in [0.15, 0.2) is 24.3 Å². The molecule has 3 aliphatic rings. The van der Waals surface area contributed by atoms with Gasteiger partial charge in [-0.3, -0.25) is 0 Å². The standard InChI is InChI=1S/C18H24N2O3/c21-11-10-20(13-6-7-13)17(22)19-15-12-18(8-3-9-18)23-16-5-2-1-4-14(15)16/h1-2,4-5,13,15,21H,3,6-12H2,(H,19,22). The van der Waals surface area contributed by atoms with Crippen LogP contribution in [0.25, 0.3) is 0 Å². The molecule has 0 bridgehead atoms. The molecule has 0 radical (unpaired) electrons. The number of aliphatic hydroxyl groups is 1. The lowest BCUT2D eigenvalue weighted by Crippen LogP contribution is -2.52. The number of hydrogen-bond donors (Lipinski definition) is 2. The van der Waals surface area contributed by atoms with Gasteiger partial charge in [0.25, 0.3) is 0 Å². The second-order valence-electron chi connectivity index (χ2n) is 7.03. The van der Waals surface area contributed by atoms with Gasteiger partial charge in [-0.15, -0.1) is 0 Å². The third-order valence-electron chi connectivity index (χ3n) is 5.35. The largest absolute Gasteiger partial charge is 0.487 e. The van der Waals surface area contributed by atoms with Crippen molar-refractivity contribution in [3.8, 4) is 5.75 Å². The van der Waals surface area contributed by atoms with E-state index in [1.807, 2.05) is 24.3 Å². The molecule has 2 N–H and O–H groups in total. The molecular weight excluding hydrogens is 292 g/mol. The van der Waals surface area contributed by atoms with Gasteiger partial charge in [-0.05, 0) is 38.2 Å². The van der Waals surface area contributed by atoms with E-state index in [4.69, 9.17) is 4.74 Å². The first kappa shape index (κ1) is 14.8. The average Bonchev–Trinajstić information content (AvgIpc) is 3.35. The molecule has 2 aliphatic carbocycles. The maximum atomic E-state index is 12.7. The molecule has 2 saturated carbocycles. The van der Waals surface area contributed by atoms with Crippen molar-refractivity contribution in [3.05, 3.63) is 29.8 Å². The highest BCUT2D eigenvalue weighted by molar-refractivity contribution is 5.75. The fraction of sp³-hybridized carbons (Fsp3) is 0.611. The number of hydrogen-bond acceptors (Lipinski definition) is 3. The molecule has 1 atom stereocenters. The van der Waals surface area contributed by atoms with Crippen LogP contribution in [0.3, 0.4) is 0 Å². The van der Waals surface area contributed by atoms with E-state index >= 15 is 0 Å². The van der Waals surface area contributed by atoms with Gasteiger partial charge < -0.3 is 20.1 Å². The van der Waals surface area contributed by atoms with Crippen molar-refractivity contribution < 1.29 is 14.6 Å². The number of carbonyl (C=O) groups excluding carboxylic acids is 1. The van der Waals surface area contributed by atoms with Gasteiger partial charge in [0, 0.05) is 24.6 Å². The molecule has 2 fully saturated rings. The molecule has 23 heavy (non-hydrogen) atoms. The van der Waals surface area contributed by atoms with Crippen molar-refractivity contribution in [1.82, 2.24) is 10.2 Å². The van der Waals surface area contributed by atoms with E-state index in [9.17, 15) is 9.90 Å². The number of ether oxygens (including phenoxy) is 1. The second kappa shape index (κ2) is 5.71. The van der Waals surface area contributed by atoms with Crippen molar-refractivity contribution in [2.75, 3.05) is 13.2 Å². The van der Waals surface area contributed by atoms with Crippen molar-refractivity contribution in [2.45, 2.75) is 56.2 Å². The number of benzene rings is 1. The number of aliphatic hydroxyl groups excluding tert-OH is 1. The Balaban J connectivity index is 1.54. The Morgan fingerprint density at radius 2 is 2.13 bits per heavy atom. The Morgan fingerprint density at radius 3 is 2.78 bits per heavy atom. The van der Waals surface area contributed by atoms with Crippen LogP contribution in [0.1, 0.15) is 50.1 Å². The third-order valence-corrected chi connectivity index (χ3v) is 5.35. The zero-order valence-corrected chi connectivity index (χ0v) is 13.3. The maximum Gasteiger partial charge on any atom is 0.318 e. The molecule has 2 amide bonds. The van der Waals surface area contributed by atoms with Gasteiger partial charge in [-0.1, -0.05) is 18.2 Å². The SMILES string of the molecule is O=C(NC1CC2(CCC2)Oc2ccccc21)N(CCO)C1CC1. The summed E-state index contributed by atoms with van der Waals surface area (Å²) in [6.45, 7) is 0.421. The fourth-order valence-corrected chi connectivity index (χ4v) is 3.80. The van der Waals surface area contributed by atoms with Crippen molar-refractivity contribution >= 4 is 6.03 Å². The topological polar surface area (TPSA) is 61.8 Å². The Morgan fingerprint density at radius 1 is 1.35 bits per heavy atom. The lowest BCUT2D eigenvalue weighted by Gasteiger charge is -2.48. The zero-order chi connectivity index (χ0) is 15.9. The first-order valence-electron chi connectivity index (χ1n) is 8.67. The van der Waals surface area contributed by atoms with E-state index in [0.29, 0.717) is 12.6 Å². The summed E-state index contributed by atoms with van der Waals surface area (Å²) in [6, 6.07) is 8.25. The average molecular weight is 316 g/mol. The van der Waals surface area contributed by atoms with Crippen molar-refractivity contribution in [3.63, 3.8) is 0 Å². The monoisotopic (exact) mass is 316 g/mol. The van der Waals surface area contributed by atoms with E-state index in [1.54, 1.807) is 4.90 Å². The number of fused-ring (bicyclic) bond motifs is 1. The number of carbonyl (C=O) groups is 1. The summed E-state index contributed by atoms with van der Waals surface area (Å²) in [7, 11) is 0. The number of nitrogens with one attached hydrogen (secondary N) is 1. The minimum absolute atomic E-state index is 0.00677. The van der Waals surface area contributed by atoms with Gasteiger partial charge in [0.15, 0.2) is 0 Å². The Kier molecular flexibility index (Phi) is 3.68. The minimum atomic E-state index is -0.0896. The molecule has 4 rings (SSSR count). The number of urea groups is 1. The molecule has 5 nitrogen and oxygen atoms in total. The molecule has 1 heterocycles. The number of rotatable bonds is 4. The molecule has 1 aliphatic heterocycles. The maximum absolute atomic E-state index is 12.7. The summed E-state index contributed by atoms with van der Waals surface area (Å²) in [5.74, 6) is 0.906. The van der Waals surface area contributed by atoms with Gasteiger partial charge in [-0.25, -0.2) is 4.79 Å². The molecular formula is C18H24N2O3. The number of nitrogens with zero attached hydrogens (tertiary/aromatic N) is 1. The van der Waals surface area contributed by atoms with Gasteiger partial charge in [0.1, 0.15) is 11.4 Å². The minimum Gasteiger partial charge on any atom is -0.487 e. The van der Waals surface area contributed by atoms with Gasteiger partial charge in [0.05, 0.1) is 12.6 Å². The summed E-state index contributed by atoms with van der Waals surface area (Å²) in [5.41, 5.74) is 0.978. The van der Waals surface area contributed by atoms with Crippen LogP contribution < -0.4 is 10.1 Å². The molecule has 1 aromatic carbocycles. The molecule has 124 valence electrons. The Bertz CT molecular complexity index is 596. The van der Waals surface area contributed by atoms with Crippen LogP contribution in [-0.4, -0.2) is 40.8 Å². The highest BCUT2D eigenvalue weighted by Crippen LogP contribution is 2.48. The van der Waals surface area contributed by atoms with Crippen LogP contribution in [0.5, 0.6) is 5.75 Å². The Labute approximate surface area is 136 Å². The van der Waals surface area contributed by atoms with Gasteiger partial charge in [-0.2, -0.15) is 0 Å². The van der Waals surface area contributed by atoms with Gasteiger partial charge in [0.2, 0.25) is 0 Å². The van der Waals surface area contributed by atoms with E-state index in [0.717, 1.165) is 43.4 Å². The summed E-state index contributed by atoms with van der Waals surface area (Å²) in [6.07, 6.45) is 6.26. The molecule has 1 spiro atoms. The molecule has 5 heteroatoms. The predicted octanol–water partition coefficient (Wildman–Crippen LogP) is 2.60. The zero-order valence-electron chi connectivity index (χ0n) is 13.3. The second-order valence-corrected chi connectivity index (χ2v) is 7.03. The Hall–Kier alpha value is -1.75. The molecule has 1 aromatic rings. The van der Waals surface area contributed by atoms with E-state index in [2.05, 4.69) is 5.32 Å². The quantitative estimate of drug-likeness (QED) is 0.897. The normalized spacial score (nSPS) is 24.3. The summed E-state index contributed by atoms with van der Waals surface area (Å²) < 4.78 is 6.23. The summed E-state index contributed by atoms with van der Waals surface area (Å²) in [4.78, 5) is 14.5. The van der Waals surface area contributed by atoms with Crippen LogP contribution in [0, 0.1) is 0 Å². The van der Waals surface area contributed by atoms with Crippen LogP contribution >= 0.6 is 0 Å². The fourth-order valence-electron chi connectivity index (χ4n) is 3.80. The predicted molar refractivity (Wildman–Crippen MR) is 86.4 cm³/mol. The smallest absolute Gasteiger partial charge is 0.318 e. The van der Waals surface area contributed by atoms with Crippen LogP contribution in [-0.2, 0) is 0 Å². The van der Waals surface area contributed by atoms with Crippen LogP contribution in [0.4, 0.5) is 4.79 Å². The highest BCUT2D eigenvalue weighted by Gasteiger charge is 2.46. The van der Waals surface area contributed by atoms with Gasteiger partial charge >= 0.3 is 6.03 Å². The molecule has 1 unspecified atom stereocenters. The van der Waals surface area contributed by atoms with E-state index in [1.165, 1.54) is 6.42 Å². The summed E-state index contributed by atoms with van der Waals surface area (Å²) in [5, 5.41) is 12.4. The van der Waals surface area contributed by atoms with Crippen molar-refractivity contribution in [2.24, 2.45) is 0 Å². The third kappa shape index (κ3) is 2.78. The number of amides is 2. The van der Waals surface area contributed by atoms with Crippen molar-refractivity contribution in [1.29, 1.82) is 0 Å². The lowest BCUT2D eigenvalue weighted by molar-refractivity contribution is -0.0360. The lowest BCUT2D eigenvalue weighted by atomic mass is 9.73. The van der Waals surface area contributed by atoms with Crippen LogP contribution in [0.2, 0.25) is 0 Å². The summed E-state index contributed by atoms with van der Waals surface area (Å²) >= 11 is 0. The van der Waals surface area contributed by atoms with E-state index < -0.39 is 0 Å². The molecule has 0 aromatic heterocycles. The first-order chi connectivity index (χ1) is 11.2. The molecule has 0 saturated heterocycles. The number of para-hydroxylation sites is 1. The highest BCUT2D eigenvalue weighted by atomic mass is 16.5.